The number of rotatable bonds is 5. The molecule has 0 unspecified atom stereocenters. The predicted molar refractivity (Wildman–Crippen MR) is 93.7 cm³/mol. The number of amides is 1. The predicted octanol–water partition coefficient (Wildman–Crippen LogP) is 3.01. The van der Waals surface area contributed by atoms with E-state index in [0.717, 1.165) is 22.2 Å². The van der Waals surface area contributed by atoms with Crippen molar-refractivity contribution in [1.29, 1.82) is 0 Å². The van der Waals surface area contributed by atoms with E-state index >= 15 is 0 Å². The molecule has 1 N–H and O–H groups in total. The first-order valence-electron chi connectivity index (χ1n) is 7.98. The van der Waals surface area contributed by atoms with Crippen molar-refractivity contribution in [2.24, 2.45) is 0 Å². The van der Waals surface area contributed by atoms with E-state index in [1.165, 1.54) is 0 Å². The third-order valence-corrected chi connectivity index (χ3v) is 4.08. The minimum atomic E-state index is -0.0191. The van der Waals surface area contributed by atoms with Crippen LogP contribution in [0.1, 0.15) is 18.5 Å². The molecule has 3 aromatic rings. The van der Waals surface area contributed by atoms with E-state index in [9.17, 15) is 4.79 Å². The number of nitrogens with one attached hydrogen (secondary N) is 1. The van der Waals surface area contributed by atoms with E-state index in [4.69, 9.17) is 4.74 Å². The third kappa shape index (κ3) is 3.54. The first kappa shape index (κ1) is 16.0. The van der Waals surface area contributed by atoms with Crippen LogP contribution in [0.4, 0.5) is 0 Å². The zero-order valence-electron chi connectivity index (χ0n) is 13.9. The number of carbonyl (C=O) groups is 1. The maximum absolute atomic E-state index is 12.4. The Bertz CT molecular complexity index is 847. The Kier molecular flexibility index (Phi) is 4.75. The number of methoxy groups -OCH3 is 1. The third-order valence-electron chi connectivity index (χ3n) is 4.08. The minimum Gasteiger partial charge on any atom is -0.497 e. The van der Waals surface area contributed by atoms with E-state index < -0.39 is 0 Å². The molecule has 1 atom stereocenters. The molecule has 0 radical (unpaired) electrons. The standard InChI is InChI=1S/C20H20N2O2/c1-15(16-7-4-3-5-8-16)21-20(23)14-22-12-6-9-17-13-18(24-2)10-11-19(17)22/h3-13,15H,14H2,1-2H3/p+1/t15-/m1/s1. The first-order valence-corrected chi connectivity index (χ1v) is 7.98. The average molecular weight is 321 g/mol. The summed E-state index contributed by atoms with van der Waals surface area (Å²) in [5.41, 5.74) is 2.10. The Hall–Kier alpha value is -2.88. The molecule has 4 nitrogen and oxygen atoms in total. The lowest BCUT2D eigenvalue weighted by Crippen LogP contribution is -2.43. The molecule has 122 valence electrons. The summed E-state index contributed by atoms with van der Waals surface area (Å²) in [4.78, 5) is 12.4. The smallest absolute Gasteiger partial charge is 0.286 e. The molecule has 0 aliphatic carbocycles. The Morgan fingerprint density at radius 1 is 1.12 bits per heavy atom. The average Bonchev–Trinajstić information content (AvgIpc) is 2.62. The number of pyridine rings is 1. The van der Waals surface area contributed by atoms with Crippen LogP contribution in [0.3, 0.4) is 0 Å². The lowest BCUT2D eigenvalue weighted by Gasteiger charge is -2.13. The van der Waals surface area contributed by atoms with Gasteiger partial charge in [0.05, 0.1) is 18.5 Å². The van der Waals surface area contributed by atoms with Crippen molar-refractivity contribution in [3.05, 3.63) is 72.4 Å². The number of benzene rings is 2. The van der Waals surface area contributed by atoms with Crippen LogP contribution >= 0.6 is 0 Å². The number of nitrogens with zero attached hydrogens (tertiary/aromatic N) is 1. The molecule has 0 saturated heterocycles. The van der Waals surface area contributed by atoms with Crippen molar-refractivity contribution in [3.63, 3.8) is 0 Å². The summed E-state index contributed by atoms with van der Waals surface area (Å²) in [6.45, 7) is 2.27. The highest BCUT2D eigenvalue weighted by Crippen LogP contribution is 2.17. The van der Waals surface area contributed by atoms with Gasteiger partial charge in [-0.25, -0.2) is 0 Å². The SMILES string of the molecule is COc1ccc2c(ccc[n+]2CC(=O)N[C@H](C)c2ccccc2)c1. The van der Waals surface area contributed by atoms with E-state index in [1.807, 2.05) is 78.4 Å². The second-order valence-corrected chi connectivity index (χ2v) is 5.76. The quantitative estimate of drug-likeness (QED) is 0.734. The first-order chi connectivity index (χ1) is 11.7. The summed E-state index contributed by atoms with van der Waals surface area (Å²) in [6.07, 6.45) is 1.92. The fraction of sp³-hybridized carbons (Fsp3) is 0.200. The van der Waals surface area contributed by atoms with E-state index in [2.05, 4.69) is 5.32 Å². The molecule has 0 aliphatic heterocycles. The zero-order valence-corrected chi connectivity index (χ0v) is 13.9. The van der Waals surface area contributed by atoms with Crippen LogP contribution in [0.15, 0.2) is 66.9 Å². The van der Waals surface area contributed by atoms with Crippen molar-refractivity contribution < 1.29 is 14.1 Å². The Labute approximate surface area is 141 Å². The summed E-state index contributed by atoms with van der Waals surface area (Å²) in [5, 5.41) is 4.09. The second-order valence-electron chi connectivity index (χ2n) is 5.76. The van der Waals surface area contributed by atoms with Crippen LogP contribution in [-0.4, -0.2) is 13.0 Å². The molecular weight excluding hydrogens is 300 g/mol. The molecule has 1 heterocycles. The van der Waals surface area contributed by atoms with Gasteiger partial charge >= 0.3 is 0 Å². The molecule has 0 aliphatic rings. The molecule has 0 bridgehead atoms. The Balaban J connectivity index is 1.76. The zero-order chi connectivity index (χ0) is 16.9. The minimum absolute atomic E-state index is 0.0142. The second kappa shape index (κ2) is 7.13. The molecule has 3 rings (SSSR count). The summed E-state index contributed by atoms with van der Waals surface area (Å²) >= 11 is 0. The van der Waals surface area contributed by atoms with E-state index in [1.54, 1.807) is 7.11 Å². The van der Waals surface area contributed by atoms with Gasteiger partial charge in [0.25, 0.3) is 5.91 Å². The van der Waals surface area contributed by atoms with Gasteiger partial charge < -0.3 is 10.1 Å². The Morgan fingerprint density at radius 3 is 2.67 bits per heavy atom. The van der Waals surface area contributed by atoms with Gasteiger partial charge in [-0.05, 0) is 30.7 Å². The summed E-state index contributed by atoms with van der Waals surface area (Å²) < 4.78 is 7.20. The highest BCUT2D eigenvalue weighted by molar-refractivity contribution is 5.79. The molecule has 0 spiro atoms. The molecule has 1 aromatic heterocycles. The normalized spacial score (nSPS) is 11.9. The molecule has 0 saturated carbocycles. The van der Waals surface area contributed by atoms with Crippen LogP contribution in [-0.2, 0) is 11.3 Å². The number of hydrogen-bond acceptors (Lipinski definition) is 2. The van der Waals surface area contributed by atoms with Crippen LogP contribution in [0.2, 0.25) is 0 Å². The fourth-order valence-corrected chi connectivity index (χ4v) is 2.79. The van der Waals surface area contributed by atoms with Crippen molar-refractivity contribution in [2.45, 2.75) is 19.5 Å². The van der Waals surface area contributed by atoms with Gasteiger partial charge in [-0.15, -0.1) is 0 Å². The number of hydrogen-bond donors (Lipinski definition) is 1. The topological polar surface area (TPSA) is 42.2 Å². The number of fused-ring (bicyclic) bond motifs is 1. The number of ether oxygens (including phenoxy) is 1. The maximum Gasteiger partial charge on any atom is 0.286 e. The van der Waals surface area contributed by atoms with Gasteiger partial charge in [0, 0.05) is 12.1 Å². The summed E-state index contributed by atoms with van der Waals surface area (Å²) in [5.74, 6) is 0.794. The van der Waals surface area contributed by atoms with Gasteiger partial charge in [0.15, 0.2) is 6.20 Å². The van der Waals surface area contributed by atoms with Crippen LogP contribution in [0.5, 0.6) is 5.75 Å². The van der Waals surface area contributed by atoms with Crippen molar-refractivity contribution in [1.82, 2.24) is 5.32 Å². The van der Waals surface area contributed by atoms with Crippen molar-refractivity contribution in [2.75, 3.05) is 7.11 Å². The Morgan fingerprint density at radius 2 is 1.92 bits per heavy atom. The largest absolute Gasteiger partial charge is 0.497 e. The number of aromatic nitrogens is 1. The van der Waals surface area contributed by atoms with E-state index in [0.29, 0.717) is 0 Å². The highest BCUT2D eigenvalue weighted by atomic mass is 16.5. The van der Waals surface area contributed by atoms with Crippen LogP contribution in [0.25, 0.3) is 10.9 Å². The van der Waals surface area contributed by atoms with Crippen molar-refractivity contribution >= 4 is 16.8 Å². The lowest BCUT2D eigenvalue weighted by atomic mass is 10.1. The maximum atomic E-state index is 12.4. The van der Waals surface area contributed by atoms with Crippen LogP contribution < -0.4 is 14.6 Å². The van der Waals surface area contributed by atoms with Crippen LogP contribution in [0, 0.1) is 0 Å². The van der Waals surface area contributed by atoms with Gasteiger partial charge in [-0.1, -0.05) is 30.3 Å². The number of carbonyl (C=O) groups excluding carboxylic acids is 1. The van der Waals surface area contributed by atoms with Gasteiger partial charge in [-0.2, -0.15) is 4.57 Å². The lowest BCUT2D eigenvalue weighted by molar-refractivity contribution is -0.658. The molecular formula is C20H21N2O2+. The molecule has 2 aromatic carbocycles. The molecule has 1 amide bonds. The summed E-state index contributed by atoms with van der Waals surface area (Å²) in [7, 11) is 1.65. The van der Waals surface area contributed by atoms with Crippen molar-refractivity contribution in [3.8, 4) is 5.75 Å². The molecule has 4 heteroatoms. The van der Waals surface area contributed by atoms with E-state index in [-0.39, 0.29) is 18.5 Å². The van der Waals surface area contributed by atoms with Gasteiger partial charge in [0.1, 0.15) is 5.75 Å². The van der Waals surface area contributed by atoms with Gasteiger partial charge in [-0.3, -0.25) is 4.79 Å². The monoisotopic (exact) mass is 321 g/mol. The molecule has 24 heavy (non-hydrogen) atoms. The molecule has 0 fully saturated rings. The highest BCUT2D eigenvalue weighted by Gasteiger charge is 2.16. The van der Waals surface area contributed by atoms with Gasteiger partial charge in [0.2, 0.25) is 12.1 Å². The fourth-order valence-electron chi connectivity index (χ4n) is 2.79. The summed E-state index contributed by atoms with van der Waals surface area (Å²) in [6, 6.07) is 19.7.